The van der Waals surface area contributed by atoms with Crippen molar-refractivity contribution in [2.45, 2.75) is 65.8 Å². The van der Waals surface area contributed by atoms with Gasteiger partial charge in [-0.2, -0.15) is 0 Å². The molecule has 6 N–H and O–H groups in total. The van der Waals surface area contributed by atoms with Crippen molar-refractivity contribution in [2.75, 3.05) is 11.5 Å². The number of nitrogens with zero attached hydrogens (tertiary/aromatic N) is 6. The third-order valence-electron chi connectivity index (χ3n) is 7.10. The van der Waals surface area contributed by atoms with Crippen LogP contribution in [-0.2, 0) is 45.0 Å². The predicted octanol–water partition coefficient (Wildman–Crippen LogP) is 2.49. The summed E-state index contributed by atoms with van der Waals surface area (Å²) in [4.78, 5) is 70.4. The van der Waals surface area contributed by atoms with Crippen LogP contribution in [0.3, 0.4) is 0 Å². The van der Waals surface area contributed by atoms with E-state index in [0.717, 1.165) is 11.1 Å². The van der Waals surface area contributed by atoms with Crippen molar-refractivity contribution in [3.63, 3.8) is 0 Å². The maximum absolute atomic E-state index is 12.3. The Balaban J connectivity index is 0.000000194. The lowest BCUT2D eigenvalue weighted by atomic mass is 10.2. The smallest absolute Gasteiger partial charge is 0.328 e. The molecule has 0 fully saturated rings. The first-order valence-electron chi connectivity index (χ1n) is 15.8. The standard InChI is InChI=1S/2C17H19N5O3/c2*1-10(2)25-13(23)8-12-19-15(18)14-16(20-12)22(17(24)21-14)9-11-6-4-3-5-7-11/h2*3-7,10H,8-9H2,1-2H3,(H,21,24)(H2,18,19,20). The summed E-state index contributed by atoms with van der Waals surface area (Å²) in [6.45, 7) is 7.73. The fourth-order valence-corrected chi connectivity index (χ4v) is 5.05. The van der Waals surface area contributed by atoms with Crippen LogP contribution in [0.1, 0.15) is 50.5 Å². The van der Waals surface area contributed by atoms with Crippen molar-refractivity contribution in [3.05, 3.63) is 104 Å². The number of carbonyl (C=O) groups is 2. The number of rotatable bonds is 10. The molecule has 4 heterocycles. The summed E-state index contributed by atoms with van der Waals surface area (Å²) in [5.74, 6) is -0.196. The Kier molecular flexibility index (Phi) is 10.7. The second kappa shape index (κ2) is 15.3. The minimum atomic E-state index is -0.443. The van der Waals surface area contributed by atoms with Crippen LogP contribution in [0.4, 0.5) is 11.6 Å². The van der Waals surface area contributed by atoms with Crippen molar-refractivity contribution in [2.24, 2.45) is 0 Å². The van der Waals surface area contributed by atoms with Crippen molar-refractivity contribution in [1.29, 1.82) is 0 Å². The van der Waals surface area contributed by atoms with E-state index in [1.165, 1.54) is 9.13 Å². The first-order valence-corrected chi connectivity index (χ1v) is 15.8. The Bertz CT molecular complexity index is 2080. The van der Waals surface area contributed by atoms with Crippen LogP contribution in [0.15, 0.2) is 70.3 Å². The largest absolute Gasteiger partial charge is 0.463 e. The molecule has 4 aromatic heterocycles. The van der Waals surface area contributed by atoms with Gasteiger partial charge in [-0.05, 0) is 38.8 Å². The molecule has 0 aliphatic rings. The van der Waals surface area contributed by atoms with Gasteiger partial charge in [0.1, 0.15) is 35.5 Å². The summed E-state index contributed by atoms with van der Waals surface area (Å²) in [5.41, 5.74) is 14.5. The minimum absolute atomic E-state index is 0.108. The topological polar surface area (TPSA) is 232 Å². The number of H-pyrrole nitrogens is 2. The van der Waals surface area contributed by atoms with E-state index in [4.69, 9.17) is 20.9 Å². The fraction of sp³-hybridized carbons (Fsp3) is 0.294. The van der Waals surface area contributed by atoms with E-state index in [-0.39, 0.29) is 59.7 Å². The zero-order valence-electron chi connectivity index (χ0n) is 28.0. The molecule has 0 bridgehead atoms. The number of benzene rings is 2. The molecule has 260 valence electrons. The van der Waals surface area contributed by atoms with E-state index in [1.54, 1.807) is 27.7 Å². The molecule has 0 unspecified atom stereocenters. The van der Waals surface area contributed by atoms with Gasteiger partial charge in [0.15, 0.2) is 22.9 Å². The minimum Gasteiger partial charge on any atom is -0.463 e. The number of anilines is 2. The number of aromatic nitrogens is 8. The van der Waals surface area contributed by atoms with E-state index < -0.39 is 11.9 Å². The van der Waals surface area contributed by atoms with Gasteiger partial charge in [-0.1, -0.05) is 60.7 Å². The number of ether oxygens (including phenoxy) is 2. The Morgan fingerprint density at radius 1 is 0.640 bits per heavy atom. The van der Waals surface area contributed by atoms with Gasteiger partial charge in [0.2, 0.25) is 0 Å². The first-order chi connectivity index (χ1) is 23.9. The molecule has 50 heavy (non-hydrogen) atoms. The molecule has 2 aromatic carbocycles. The van der Waals surface area contributed by atoms with Gasteiger partial charge < -0.3 is 30.9 Å². The van der Waals surface area contributed by atoms with Crippen molar-refractivity contribution < 1.29 is 19.1 Å². The average Bonchev–Trinajstić information content (AvgIpc) is 3.53. The molecule has 0 saturated heterocycles. The van der Waals surface area contributed by atoms with Gasteiger partial charge in [-0.25, -0.2) is 29.5 Å². The summed E-state index contributed by atoms with van der Waals surface area (Å²) in [5, 5.41) is 0. The highest BCUT2D eigenvalue weighted by Gasteiger charge is 2.18. The van der Waals surface area contributed by atoms with Gasteiger partial charge in [0.05, 0.1) is 25.3 Å². The highest BCUT2D eigenvalue weighted by atomic mass is 16.5. The summed E-state index contributed by atoms with van der Waals surface area (Å²) < 4.78 is 13.1. The van der Waals surface area contributed by atoms with Crippen molar-refractivity contribution in [3.8, 4) is 0 Å². The zero-order chi connectivity index (χ0) is 35.9. The molecule has 0 amide bonds. The molecule has 6 aromatic rings. The molecule has 6 rings (SSSR count). The number of nitrogen functional groups attached to an aromatic ring is 2. The number of imidazole rings is 2. The first kappa shape index (κ1) is 35.0. The van der Waals surface area contributed by atoms with Gasteiger partial charge in [0.25, 0.3) is 0 Å². The summed E-state index contributed by atoms with van der Waals surface area (Å²) in [6, 6.07) is 19.0. The summed E-state index contributed by atoms with van der Waals surface area (Å²) in [7, 11) is 0. The van der Waals surface area contributed by atoms with E-state index in [2.05, 4.69) is 29.9 Å². The number of hydrogen-bond acceptors (Lipinski definition) is 12. The van der Waals surface area contributed by atoms with Crippen molar-refractivity contribution >= 4 is 45.9 Å². The zero-order valence-corrected chi connectivity index (χ0v) is 28.0. The molecule has 0 radical (unpaired) electrons. The summed E-state index contributed by atoms with van der Waals surface area (Å²) in [6.07, 6.45) is -0.666. The lowest BCUT2D eigenvalue weighted by Gasteiger charge is -2.08. The van der Waals surface area contributed by atoms with Gasteiger partial charge in [-0.15, -0.1) is 0 Å². The maximum Gasteiger partial charge on any atom is 0.328 e. The molecule has 0 saturated carbocycles. The van der Waals surface area contributed by atoms with Gasteiger partial charge in [0, 0.05) is 0 Å². The second-order valence-electron chi connectivity index (χ2n) is 11.9. The Morgan fingerprint density at radius 3 is 1.34 bits per heavy atom. The van der Waals surface area contributed by atoms with Crippen LogP contribution in [0.2, 0.25) is 0 Å². The second-order valence-corrected chi connectivity index (χ2v) is 11.9. The molecular formula is C34H38N10O6. The lowest BCUT2D eigenvalue weighted by Crippen LogP contribution is -2.18. The number of nitrogens with two attached hydrogens (primary N) is 2. The number of esters is 2. The van der Waals surface area contributed by atoms with Crippen LogP contribution < -0.4 is 22.8 Å². The number of nitrogens with one attached hydrogen (secondary N) is 2. The van der Waals surface area contributed by atoms with E-state index in [9.17, 15) is 19.2 Å². The normalized spacial score (nSPS) is 11.2. The highest BCUT2D eigenvalue weighted by molar-refractivity contribution is 5.83. The van der Waals surface area contributed by atoms with Crippen LogP contribution in [-0.4, -0.2) is 63.2 Å². The molecule has 0 atom stereocenters. The van der Waals surface area contributed by atoms with Crippen molar-refractivity contribution in [1.82, 2.24) is 39.0 Å². The van der Waals surface area contributed by atoms with Gasteiger partial charge >= 0.3 is 23.3 Å². The summed E-state index contributed by atoms with van der Waals surface area (Å²) >= 11 is 0. The quantitative estimate of drug-likeness (QED) is 0.153. The molecule has 0 aliphatic heterocycles. The molecule has 0 aliphatic carbocycles. The SMILES string of the molecule is CC(C)OC(=O)Cc1nc(N)c2[nH]c(=O)n(Cc3ccccc3)c2n1.CC(C)OC(=O)Cc1nc(N)c2[nH]c(=O)n(Cc3ccccc3)c2n1. The Hall–Kier alpha value is -6.32. The fourth-order valence-electron chi connectivity index (χ4n) is 5.05. The van der Waals surface area contributed by atoms with Crippen LogP contribution >= 0.6 is 0 Å². The van der Waals surface area contributed by atoms with E-state index >= 15 is 0 Å². The Morgan fingerprint density at radius 2 is 1.00 bits per heavy atom. The third kappa shape index (κ3) is 8.58. The van der Waals surface area contributed by atoms with Crippen LogP contribution in [0.25, 0.3) is 22.3 Å². The average molecular weight is 683 g/mol. The monoisotopic (exact) mass is 682 g/mol. The Labute approximate surface area is 285 Å². The number of carbonyl (C=O) groups excluding carboxylic acids is 2. The lowest BCUT2D eigenvalue weighted by molar-refractivity contribution is -0.147. The highest BCUT2D eigenvalue weighted by Crippen LogP contribution is 2.17. The molecule has 0 spiro atoms. The maximum atomic E-state index is 12.3. The van der Waals surface area contributed by atoms with E-state index in [1.807, 2.05) is 60.7 Å². The van der Waals surface area contributed by atoms with E-state index in [0.29, 0.717) is 35.4 Å². The molecule has 16 nitrogen and oxygen atoms in total. The van der Waals surface area contributed by atoms with Crippen LogP contribution in [0, 0.1) is 0 Å². The van der Waals surface area contributed by atoms with Gasteiger partial charge in [-0.3, -0.25) is 18.7 Å². The molecular weight excluding hydrogens is 644 g/mol. The number of aromatic amines is 2. The van der Waals surface area contributed by atoms with Crippen LogP contribution in [0.5, 0.6) is 0 Å². The predicted molar refractivity (Wildman–Crippen MR) is 186 cm³/mol. The third-order valence-corrected chi connectivity index (χ3v) is 7.10. The number of hydrogen-bond donors (Lipinski definition) is 4. The molecule has 16 heteroatoms. The number of fused-ring (bicyclic) bond motifs is 2.